The summed E-state index contributed by atoms with van der Waals surface area (Å²) in [5.74, 6) is 2.10. The van der Waals surface area contributed by atoms with Crippen molar-refractivity contribution in [1.82, 2.24) is 0 Å². The van der Waals surface area contributed by atoms with Crippen molar-refractivity contribution in [2.45, 2.75) is 45.4 Å². The normalized spacial score (nSPS) is 12.9. The molecular formula is C22H28O4. The van der Waals surface area contributed by atoms with Crippen LogP contribution in [0.1, 0.15) is 56.6 Å². The Morgan fingerprint density at radius 1 is 0.846 bits per heavy atom. The molecule has 140 valence electrons. The molecule has 0 spiro atoms. The van der Waals surface area contributed by atoms with Gasteiger partial charge in [0.05, 0.1) is 7.11 Å². The lowest BCUT2D eigenvalue weighted by Crippen LogP contribution is -2.11. The fraction of sp³-hybridized carbons (Fsp3) is 0.409. The van der Waals surface area contributed by atoms with Crippen LogP contribution in [0.3, 0.4) is 0 Å². The van der Waals surface area contributed by atoms with E-state index >= 15 is 0 Å². The average Bonchev–Trinajstić information content (AvgIpc) is 2.66. The molecule has 2 aromatic rings. The minimum Gasteiger partial charge on any atom is -0.497 e. The van der Waals surface area contributed by atoms with Gasteiger partial charge in [-0.25, -0.2) is 0 Å². The van der Waals surface area contributed by atoms with Gasteiger partial charge in [0, 0.05) is 6.92 Å². The van der Waals surface area contributed by atoms with E-state index in [0.29, 0.717) is 17.6 Å². The highest BCUT2D eigenvalue weighted by Gasteiger charge is 2.22. The Kier molecular flexibility index (Phi) is 7.52. The molecule has 0 amide bonds. The number of hydrogen-bond donors (Lipinski definition) is 0. The van der Waals surface area contributed by atoms with Gasteiger partial charge in [-0.1, -0.05) is 38.1 Å². The molecule has 4 nitrogen and oxygen atoms in total. The van der Waals surface area contributed by atoms with E-state index in [-0.39, 0.29) is 12.8 Å². The van der Waals surface area contributed by atoms with Gasteiger partial charge < -0.3 is 14.2 Å². The fourth-order valence-electron chi connectivity index (χ4n) is 3.35. The van der Waals surface area contributed by atoms with Gasteiger partial charge in [-0.05, 0) is 60.1 Å². The van der Waals surface area contributed by atoms with Crippen molar-refractivity contribution in [3.05, 3.63) is 59.7 Å². The second-order valence-corrected chi connectivity index (χ2v) is 6.27. The van der Waals surface area contributed by atoms with E-state index in [4.69, 9.17) is 14.2 Å². The van der Waals surface area contributed by atoms with Crippen LogP contribution in [0, 0.1) is 0 Å². The Labute approximate surface area is 156 Å². The summed E-state index contributed by atoms with van der Waals surface area (Å²) in [7, 11) is 1.69. The summed E-state index contributed by atoms with van der Waals surface area (Å²) in [6, 6.07) is 16.4. The van der Waals surface area contributed by atoms with Crippen molar-refractivity contribution in [3.63, 3.8) is 0 Å². The van der Waals surface area contributed by atoms with Crippen LogP contribution in [0.4, 0.5) is 0 Å². The van der Waals surface area contributed by atoms with E-state index in [9.17, 15) is 4.79 Å². The van der Waals surface area contributed by atoms with Gasteiger partial charge in [-0.3, -0.25) is 4.79 Å². The second kappa shape index (κ2) is 9.85. The molecular weight excluding hydrogens is 328 g/mol. The molecule has 0 saturated carbocycles. The standard InChI is InChI=1S/C22H28O4/c1-5-21(17-7-11-19(24-4)12-8-17)22(6-2)18-9-13-20(14-10-18)26-15-25-16(3)23/h7-14,21-22H,5-6,15H2,1-4H3/t21-,22-/m1/s1. The number of carbonyl (C=O) groups is 1. The Bertz CT molecular complexity index is 676. The fourth-order valence-corrected chi connectivity index (χ4v) is 3.35. The highest BCUT2D eigenvalue weighted by Crippen LogP contribution is 2.38. The number of benzene rings is 2. The van der Waals surface area contributed by atoms with Gasteiger partial charge in [-0.2, -0.15) is 0 Å². The average molecular weight is 356 g/mol. The first kappa shape index (κ1) is 19.8. The Balaban J connectivity index is 2.12. The van der Waals surface area contributed by atoms with Crippen LogP contribution in [0.25, 0.3) is 0 Å². The van der Waals surface area contributed by atoms with Gasteiger partial charge in [0.15, 0.2) is 0 Å². The highest BCUT2D eigenvalue weighted by molar-refractivity contribution is 5.65. The molecule has 0 unspecified atom stereocenters. The maximum Gasteiger partial charge on any atom is 0.305 e. The van der Waals surface area contributed by atoms with E-state index < -0.39 is 0 Å². The third kappa shape index (κ3) is 5.25. The van der Waals surface area contributed by atoms with Crippen LogP contribution in [0.15, 0.2) is 48.5 Å². The number of carbonyl (C=O) groups excluding carboxylic acids is 1. The van der Waals surface area contributed by atoms with Crippen molar-refractivity contribution in [1.29, 1.82) is 0 Å². The molecule has 0 aliphatic heterocycles. The van der Waals surface area contributed by atoms with E-state index in [0.717, 1.165) is 18.6 Å². The third-order valence-corrected chi connectivity index (χ3v) is 4.71. The van der Waals surface area contributed by atoms with Gasteiger partial charge in [0.1, 0.15) is 11.5 Å². The van der Waals surface area contributed by atoms with Crippen molar-refractivity contribution >= 4 is 5.97 Å². The zero-order valence-electron chi connectivity index (χ0n) is 16.0. The minimum absolute atomic E-state index is 0.0602. The van der Waals surface area contributed by atoms with Crippen molar-refractivity contribution in [2.75, 3.05) is 13.9 Å². The molecule has 0 saturated heterocycles. The molecule has 0 heterocycles. The lowest BCUT2D eigenvalue weighted by molar-refractivity contribution is -0.147. The Morgan fingerprint density at radius 3 is 1.69 bits per heavy atom. The zero-order chi connectivity index (χ0) is 18.9. The maximum atomic E-state index is 10.8. The Hall–Kier alpha value is -2.49. The summed E-state index contributed by atoms with van der Waals surface area (Å²) in [4.78, 5) is 10.8. The topological polar surface area (TPSA) is 44.8 Å². The van der Waals surface area contributed by atoms with E-state index in [1.807, 2.05) is 24.3 Å². The first-order valence-electron chi connectivity index (χ1n) is 9.09. The predicted octanol–water partition coefficient (Wildman–Crippen LogP) is 5.28. The highest BCUT2D eigenvalue weighted by atomic mass is 16.7. The minimum atomic E-state index is -0.349. The molecule has 0 N–H and O–H groups in total. The number of rotatable bonds is 9. The van der Waals surface area contributed by atoms with Crippen molar-refractivity contribution < 1.29 is 19.0 Å². The van der Waals surface area contributed by atoms with Crippen LogP contribution in [-0.4, -0.2) is 19.9 Å². The van der Waals surface area contributed by atoms with Crippen LogP contribution < -0.4 is 9.47 Å². The molecule has 0 aromatic heterocycles. The van der Waals surface area contributed by atoms with Crippen LogP contribution >= 0.6 is 0 Å². The lowest BCUT2D eigenvalue weighted by atomic mass is 9.78. The first-order chi connectivity index (χ1) is 12.6. The number of hydrogen-bond acceptors (Lipinski definition) is 4. The summed E-state index contributed by atoms with van der Waals surface area (Å²) < 4.78 is 15.5. The summed E-state index contributed by atoms with van der Waals surface area (Å²) in [6.07, 6.45) is 2.12. The molecule has 0 bridgehead atoms. The van der Waals surface area contributed by atoms with Crippen molar-refractivity contribution in [2.24, 2.45) is 0 Å². The van der Waals surface area contributed by atoms with Gasteiger partial charge in [0.2, 0.25) is 6.79 Å². The smallest absolute Gasteiger partial charge is 0.305 e. The zero-order valence-corrected chi connectivity index (χ0v) is 16.0. The second-order valence-electron chi connectivity index (χ2n) is 6.27. The van der Waals surface area contributed by atoms with E-state index in [2.05, 4.69) is 38.1 Å². The van der Waals surface area contributed by atoms with Crippen LogP contribution in [0.5, 0.6) is 11.5 Å². The maximum absolute atomic E-state index is 10.8. The number of esters is 1. The molecule has 2 aromatic carbocycles. The summed E-state index contributed by atoms with van der Waals surface area (Å²) >= 11 is 0. The third-order valence-electron chi connectivity index (χ3n) is 4.71. The lowest BCUT2D eigenvalue weighted by Gasteiger charge is -2.26. The first-order valence-corrected chi connectivity index (χ1v) is 9.09. The SMILES string of the molecule is CC[C@H](c1ccc(OC)cc1)[C@H](CC)c1ccc(OCOC(C)=O)cc1. The van der Waals surface area contributed by atoms with Crippen LogP contribution in [0.2, 0.25) is 0 Å². The molecule has 2 rings (SSSR count). The van der Waals surface area contributed by atoms with Crippen LogP contribution in [-0.2, 0) is 9.53 Å². The quantitative estimate of drug-likeness (QED) is 0.453. The Morgan fingerprint density at radius 2 is 1.31 bits per heavy atom. The number of ether oxygens (including phenoxy) is 3. The van der Waals surface area contributed by atoms with Gasteiger partial charge >= 0.3 is 5.97 Å². The van der Waals surface area contributed by atoms with Gasteiger partial charge in [0.25, 0.3) is 0 Å². The predicted molar refractivity (Wildman–Crippen MR) is 103 cm³/mol. The molecule has 0 fully saturated rings. The largest absolute Gasteiger partial charge is 0.497 e. The summed E-state index contributed by atoms with van der Waals surface area (Å²) in [5, 5.41) is 0. The number of methoxy groups -OCH3 is 1. The molecule has 0 radical (unpaired) electrons. The monoisotopic (exact) mass is 356 g/mol. The van der Waals surface area contributed by atoms with Crippen molar-refractivity contribution in [3.8, 4) is 11.5 Å². The molecule has 4 heteroatoms. The molecule has 26 heavy (non-hydrogen) atoms. The molecule has 0 aliphatic rings. The van der Waals surface area contributed by atoms with E-state index in [1.54, 1.807) is 7.11 Å². The summed E-state index contributed by atoms with van der Waals surface area (Å²) in [6.45, 7) is 5.76. The summed E-state index contributed by atoms with van der Waals surface area (Å²) in [5.41, 5.74) is 2.62. The molecule has 0 aliphatic carbocycles. The molecule has 2 atom stereocenters. The van der Waals surface area contributed by atoms with E-state index in [1.165, 1.54) is 18.1 Å². The van der Waals surface area contributed by atoms with Gasteiger partial charge in [-0.15, -0.1) is 0 Å².